The van der Waals surface area contributed by atoms with Crippen molar-refractivity contribution < 1.29 is 5.11 Å². The normalized spacial score (nSPS) is 35.6. The van der Waals surface area contributed by atoms with Gasteiger partial charge in [0.15, 0.2) is 0 Å². The second-order valence-electron chi connectivity index (χ2n) is 4.40. The average Bonchev–Trinajstić information content (AvgIpc) is 2.39. The van der Waals surface area contributed by atoms with Crippen molar-refractivity contribution in [2.75, 3.05) is 0 Å². The van der Waals surface area contributed by atoms with E-state index in [9.17, 15) is 5.11 Å². The van der Waals surface area contributed by atoms with E-state index in [1.807, 2.05) is 6.92 Å². The number of rotatable bonds is 1. The first-order chi connectivity index (χ1) is 6.20. The van der Waals surface area contributed by atoms with Gasteiger partial charge in [-0.3, -0.25) is 0 Å². The summed E-state index contributed by atoms with van der Waals surface area (Å²) in [4.78, 5) is 0. The van der Waals surface area contributed by atoms with Crippen molar-refractivity contribution in [2.24, 2.45) is 5.92 Å². The van der Waals surface area contributed by atoms with Gasteiger partial charge in [-0.25, -0.2) is 0 Å². The van der Waals surface area contributed by atoms with Gasteiger partial charge in [0.1, 0.15) is 0 Å². The highest BCUT2D eigenvalue weighted by atomic mass is 16.3. The molecule has 0 saturated heterocycles. The van der Waals surface area contributed by atoms with Gasteiger partial charge in [0.05, 0.1) is 6.10 Å². The lowest BCUT2D eigenvalue weighted by Gasteiger charge is -2.28. The van der Waals surface area contributed by atoms with Crippen LogP contribution in [0.15, 0.2) is 11.3 Å². The Kier molecular flexibility index (Phi) is 2.33. The predicted octanol–water partition coefficient (Wildman–Crippen LogP) is 1.80. The minimum atomic E-state index is -0.263. The third kappa shape index (κ3) is 1.48. The largest absolute Gasteiger partial charge is 0.389 e. The van der Waals surface area contributed by atoms with Crippen LogP contribution in [-0.2, 0) is 0 Å². The Morgan fingerprint density at radius 1 is 1.38 bits per heavy atom. The summed E-state index contributed by atoms with van der Waals surface area (Å²) in [5.41, 5.74) is 2.50. The third-order valence-corrected chi connectivity index (χ3v) is 3.45. The highest BCUT2D eigenvalue weighted by Gasteiger charge is 2.35. The van der Waals surface area contributed by atoms with Gasteiger partial charge < -0.3 is 10.4 Å². The Bertz CT molecular complexity index is 232. The fraction of sp³-hybridized carbons (Fsp3) is 0.818. The molecule has 1 fully saturated rings. The number of aliphatic hydroxyl groups is 1. The molecule has 1 heterocycles. The summed E-state index contributed by atoms with van der Waals surface area (Å²) < 4.78 is 0. The standard InChI is InChI=1S/C11H19NO/c1-7-11(8(2)13)9-5-3-4-6-10(9)12-7/h8-10,12-13H,3-6H2,1-2H3. The van der Waals surface area contributed by atoms with Crippen molar-refractivity contribution in [1.29, 1.82) is 0 Å². The Morgan fingerprint density at radius 3 is 2.77 bits per heavy atom. The molecule has 2 aliphatic rings. The fourth-order valence-corrected chi connectivity index (χ4v) is 2.94. The molecule has 2 nitrogen and oxygen atoms in total. The molecular formula is C11H19NO. The van der Waals surface area contributed by atoms with Gasteiger partial charge in [-0.1, -0.05) is 12.8 Å². The van der Waals surface area contributed by atoms with Gasteiger partial charge >= 0.3 is 0 Å². The molecule has 2 rings (SSSR count). The number of nitrogens with one attached hydrogen (secondary N) is 1. The summed E-state index contributed by atoms with van der Waals surface area (Å²) in [7, 11) is 0. The molecular weight excluding hydrogens is 162 g/mol. The molecule has 0 bridgehead atoms. The summed E-state index contributed by atoms with van der Waals surface area (Å²) in [6, 6.07) is 0.623. The summed E-state index contributed by atoms with van der Waals surface area (Å²) >= 11 is 0. The van der Waals surface area contributed by atoms with E-state index in [1.54, 1.807) is 0 Å². The first-order valence-corrected chi connectivity index (χ1v) is 5.35. The van der Waals surface area contributed by atoms with Gasteiger partial charge in [0.25, 0.3) is 0 Å². The van der Waals surface area contributed by atoms with Crippen LogP contribution in [0.5, 0.6) is 0 Å². The zero-order valence-corrected chi connectivity index (χ0v) is 8.51. The van der Waals surface area contributed by atoms with E-state index in [2.05, 4.69) is 12.2 Å². The van der Waals surface area contributed by atoms with Crippen LogP contribution in [0.3, 0.4) is 0 Å². The lowest BCUT2D eigenvalue weighted by atomic mass is 9.80. The van der Waals surface area contributed by atoms with Gasteiger partial charge in [-0.2, -0.15) is 0 Å². The molecule has 1 saturated carbocycles. The molecule has 0 aromatic heterocycles. The summed E-state index contributed by atoms with van der Waals surface area (Å²) in [5, 5.41) is 13.2. The van der Waals surface area contributed by atoms with Crippen LogP contribution in [0.25, 0.3) is 0 Å². The molecule has 0 amide bonds. The van der Waals surface area contributed by atoms with Crippen LogP contribution in [0.4, 0.5) is 0 Å². The number of hydrogen-bond acceptors (Lipinski definition) is 2. The van der Waals surface area contributed by atoms with E-state index >= 15 is 0 Å². The Balaban J connectivity index is 2.19. The second kappa shape index (κ2) is 3.33. The van der Waals surface area contributed by atoms with Crippen molar-refractivity contribution in [3.8, 4) is 0 Å². The van der Waals surface area contributed by atoms with Gasteiger partial charge in [-0.15, -0.1) is 0 Å². The van der Waals surface area contributed by atoms with Crippen molar-refractivity contribution in [3.05, 3.63) is 11.3 Å². The Labute approximate surface area is 80.0 Å². The molecule has 1 aliphatic carbocycles. The monoisotopic (exact) mass is 181 g/mol. The second-order valence-corrected chi connectivity index (χ2v) is 4.40. The molecule has 3 unspecified atom stereocenters. The first kappa shape index (κ1) is 9.07. The van der Waals surface area contributed by atoms with E-state index in [0.29, 0.717) is 12.0 Å². The highest BCUT2D eigenvalue weighted by molar-refractivity contribution is 5.26. The summed E-state index contributed by atoms with van der Waals surface area (Å²) in [5.74, 6) is 0.619. The summed E-state index contributed by atoms with van der Waals surface area (Å²) in [6.45, 7) is 3.98. The van der Waals surface area contributed by atoms with E-state index < -0.39 is 0 Å². The van der Waals surface area contributed by atoms with Crippen LogP contribution in [-0.4, -0.2) is 17.3 Å². The van der Waals surface area contributed by atoms with E-state index in [4.69, 9.17) is 0 Å². The van der Waals surface area contributed by atoms with Crippen LogP contribution < -0.4 is 5.32 Å². The van der Waals surface area contributed by atoms with Crippen LogP contribution in [0.1, 0.15) is 39.5 Å². The smallest absolute Gasteiger partial charge is 0.0744 e. The van der Waals surface area contributed by atoms with E-state index in [1.165, 1.54) is 37.0 Å². The van der Waals surface area contributed by atoms with Crippen molar-refractivity contribution >= 4 is 0 Å². The zero-order chi connectivity index (χ0) is 9.42. The molecule has 74 valence electrons. The minimum absolute atomic E-state index is 0.263. The van der Waals surface area contributed by atoms with Crippen LogP contribution in [0, 0.1) is 5.92 Å². The molecule has 2 N–H and O–H groups in total. The highest BCUT2D eigenvalue weighted by Crippen LogP contribution is 2.37. The van der Waals surface area contributed by atoms with Gasteiger partial charge in [0.2, 0.25) is 0 Å². The van der Waals surface area contributed by atoms with Crippen molar-refractivity contribution in [2.45, 2.75) is 51.7 Å². The number of hydrogen-bond donors (Lipinski definition) is 2. The molecule has 13 heavy (non-hydrogen) atoms. The average molecular weight is 181 g/mol. The number of aliphatic hydroxyl groups excluding tert-OH is 1. The molecule has 0 spiro atoms. The predicted molar refractivity (Wildman–Crippen MR) is 53.3 cm³/mol. The topological polar surface area (TPSA) is 32.3 Å². The minimum Gasteiger partial charge on any atom is -0.389 e. The fourth-order valence-electron chi connectivity index (χ4n) is 2.94. The molecule has 3 atom stereocenters. The quantitative estimate of drug-likeness (QED) is 0.646. The van der Waals surface area contributed by atoms with Gasteiger partial charge in [-0.05, 0) is 32.3 Å². The molecule has 0 radical (unpaired) electrons. The first-order valence-electron chi connectivity index (χ1n) is 5.35. The van der Waals surface area contributed by atoms with Crippen molar-refractivity contribution in [3.63, 3.8) is 0 Å². The zero-order valence-electron chi connectivity index (χ0n) is 8.51. The maximum atomic E-state index is 9.66. The Hall–Kier alpha value is -0.500. The maximum absolute atomic E-state index is 9.66. The van der Waals surface area contributed by atoms with Crippen molar-refractivity contribution in [1.82, 2.24) is 5.32 Å². The van der Waals surface area contributed by atoms with E-state index in [0.717, 1.165) is 0 Å². The van der Waals surface area contributed by atoms with Crippen LogP contribution in [0.2, 0.25) is 0 Å². The lowest BCUT2D eigenvalue weighted by molar-refractivity contribution is 0.205. The molecule has 1 aliphatic heterocycles. The SMILES string of the molecule is CC1=C(C(C)O)C2CCCCC2N1. The Morgan fingerprint density at radius 2 is 2.08 bits per heavy atom. The van der Waals surface area contributed by atoms with E-state index in [-0.39, 0.29) is 6.10 Å². The maximum Gasteiger partial charge on any atom is 0.0744 e. The molecule has 0 aromatic carbocycles. The summed E-state index contributed by atoms with van der Waals surface area (Å²) in [6.07, 6.45) is 4.94. The van der Waals surface area contributed by atoms with Crippen LogP contribution >= 0.6 is 0 Å². The third-order valence-electron chi connectivity index (χ3n) is 3.45. The molecule has 0 aromatic rings. The van der Waals surface area contributed by atoms with Gasteiger partial charge in [0, 0.05) is 17.7 Å². The number of fused-ring (bicyclic) bond motifs is 1. The lowest BCUT2D eigenvalue weighted by Crippen LogP contribution is -2.32. The number of allylic oxidation sites excluding steroid dienone is 1. The molecule has 2 heteroatoms.